The van der Waals surface area contributed by atoms with E-state index in [1.807, 2.05) is 6.92 Å². The van der Waals surface area contributed by atoms with Crippen molar-refractivity contribution in [1.82, 2.24) is 15.1 Å². The summed E-state index contributed by atoms with van der Waals surface area (Å²) in [6, 6.07) is 6.34. The summed E-state index contributed by atoms with van der Waals surface area (Å²) >= 11 is 12.3. The Hall–Kier alpha value is -2.31. The molecule has 0 aliphatic carbocycles. The van der Waals surface area contributed by atoms with E-state index >= 15 is 0 Å². The Kier molecular flexibility index (Phi) is 5.64. The Morgan fingerprint density at radius 1 is 1.27 bits per heavy atom. The first kappa shape index (κ1) is 18.5. The number of hydrogen-bond acceptors (Lipinski definition) is 5. The number of ether oxygens (including phenoxy) is 1. The van der Waals surface area contributed by atoms with Gasteiger partial charge in [0.1, 0.15) is 6.04 Å². The van der Waals surface area contributed by atoms with E-state index in [0.717, 1.165) is 5.70 Å². The molecule has 2 aromatic rings. The zero-order valence-electron chi connectivity index (χ0n) is 14.4. The van der Waals surface area contributed by atoms with Crippen molar-refractivity contribution in [2.24, 2.45) is 4.99 Å². The van der Waals surface area contributed by atoms with Gasteiger partial charge in [-0.2, -0.15) is 5.10 Å². The number of allylic oxidation sites excluding steroid dienone is 1. The molecular formula is C18H18Cl2N4O2. The summed E-state index contributed by atoms with van der Waals surface area (Å²) in [5, 5.41) is 8.35. The Balaban J connectivity index is 2.15. The number of carbonyl (C=O) groups excluding carboxylic acids is 1. The highest BCUT2D eigenvalue weighted by Crippen LogP contribution is 2.35. The molecule has 1 aliphatic heterocycles. The maximum absolute atomic E-state index is 12.6. The maximum atomic E-state index is 12.6. The monoisotopic (exact) mass is 392 g/mol. The molecule has 1 aliphatic rings. The zero-order valence-corrected chi connectivity index (χ0v) is 15.9. The van der Waals surface area contributed by atoms with Crippen LogP contribution in [-0.4, -0.2) is 28.3 Å². The number of hydrogen-bond donors (Lipinski definition) is 1. The van der Waals surface area contributed by atoms with Crippen LogP contribution in [0.25, 0.3) is 0 Å². The molecule has 136 valence electrons. The van der Waals surface area contributed by atoms with E-state index in [4.69, 9.17) is 27.9 Å². The van der Waals surface area contributed by atoms with Gasteiger partial charge in [-0.15, -0.1) is 0 Å². The van der Waals surface area contributed by atoms with E-state index in [2.05, 4.69) is 15.4 Å². The lowest BCUT2D eigenvalue weighted by Gasteiger charge is -2.27. The molecule has 1 aromatic carbocycles. The minimum atomic E-state index is -0.597. The number of aromatic nitrogens is 2. The highest BCUT2D eigenvalue weighted by atomic mass is 35.5. The molecule has 0 spiro atoms. The van der Waals surface area contributed by atoms with Gasteiger partial charge in [-0.3, -0.25) is 0 Å². The first-order valence-corrected chi connectivity index (χ1v) is 9.00. The minimum Gasteiger partial charge on any atom is -0.463 e. The highest BCUT2D eigenvalue weighted by Gasteiger charge is 2.32. The molecule has 26 heavy (non-hydrogen) atoms. The van der Waals surface area contributed by atoms with Gasteiger partial charge in [0, 0.05) is 28.1 Å². The van der Waals surface area contributed by atoms with Crippen LogP contribution >= 0.6 is 23.2 Å². The highest BCUT2D eigenvalue weighted by molar-refractivity contribution is 6.34. The van der Waals surface area contributed by atoms with Gasteiger partial charge in [0.2, 0.25) is 5.96 Å². The van der Waals surface area contributed by atoms with Crippen molar-refractivity contribution in [3.63, 3.8) is 0 Å². The lowest BCUT2D eigenvalue weighted by molar-refractivity contribution is -0.139. The summed E-state index contributed by atoms with van der Waals surface area (Å²) in [5.41, 5.74) is 1.89. The van der Waals surface area contributed by atoms with E-state index in [9.17, 15) is 4.79 Å². The van der Waals surface area contributed by atoms with Crippen LogP contribution in [0, 0.1) is 0 Å². The van der Waals surface area contributed by atoms with Crippen molar-refractivity contribution in [2.75, 3.05) is 6.61 Å². The molecule has 1 aromatic heterocycles. The SMILES string of the molecule is CCOC(=O)C1=C(CC)NC(n2cccn2)=NC1c1cc(Cl)cc(Cl)c1. The summed E-state index contributed by atoms with van der Waals surface area (Å²) < 4.78 is 6.87. The summed E-state index contributed by atoms with van der Waals surface area (Å²) in [4.78, 5) is 17.3. The molecule has 6 nitrogen and oxygen atoms in total. The summed E-state index contributed by atoms with van der Waals surface area (Å²) in [6.45, 7) is 4.00. The lowest BCUT2D eigenvalue weighted by Crippen LogP contribution is -2.37. The second-order valence-corrected chi connectivity index (χ2v) is 6.47. The molecule has 0 amide bonds. The average molecular weight is 393 g/mol. The van der Waals surface area contributed by atoms with E-state index in [1.165, 1.54) is 0 Å². The molecule has 0 saturated heterocycles. The number of esters is 1. The normalized spacial score (nSPS) is 16.9. The van der Waals surface area contributed by atoms with Crippen LogP contribution < -0.4 is 5.32 Å². The number of nitrogens with zero attached hydrogens (tertiary/aromatic N) is 3. The van der Waals surface area contributed by atoms with Crippen LogP contribution in [0.4, 0.5) is 0 Å². The standard InChI is InChI=1S/C18H18Cl2N4O2/c1-3-14-15(17(25)26-4-2)16(11-8-12(19)10-13(20)9-11)23-18(22-14)24-7-5-6-21-24/h5-10,16H,3-4H2,1-2H3,(H,22,23). The van der Waals surface area contributed by atoms with Crippen molar-refractivity contribution >= 4 is 35.1 Å². The van der Waals surface area contributed by atoms with Gasteiger partial charge in [-0.1, -0.05) is 30.1 Å². The van der Waals surface area contributed by atoms with E-state index in [0.29, 0.717) is 33.6 Å². The van der Waals surface area contributed by atoms with Crippen molar-refractivity contribution in [2.45, 2.75) is 26.3 Å². The summed E-state index contributed by atoms with van der Waals surface area (Å²) in [5.74, 6) is 0.0993. The summed E-state index contributed by atoms with van der Waals surface area (Å²) in [7, 11) is 0. The third-order valence-corrected chi connectivity index (χ3v) is 4.32. The van der Waals surface area contributed by atoms with Gasteiger partial charge >= 0.3 is 5.97 Å². The van der Waals surface area contributed by atoms with Crippen molar-refractivity contribution in [3.05, 3.63) is 63.5 Å². The minimum absolute atomic E-state index is 0.276. The summed E-state index contributed by atoms with van der Waals surface area (Å²) in [6.07, 6.45) is 4.03. The molecule has 0 fully saturated rings. The largest absolute Gasteiger partial charge is 0.463 e. The second kappa shape index (κ2) is 7.93. The predicted octanol–water partition coefficient (Wildman–Crippen LogP) is 3.97. The van der Waals surface area contributed by atoms with Crippen LogP contribution in [-0.2, 0) is 9.53 Å². The van der Waals surface area contributed by atoms with Gasteiger partial charge in [0.25, 0.3) is 0 Å². The van der Waals surface area contributed by atoms with Crippen molar-refractivity contribution in [1.29, 1.82) is 0 Å². The van der Waals surface area contributed by atoms with Crippen LogP contribution in [0.5, 0.6) is 0 Å². The van der Waals surface area contributed by atoms with Crippen LogP contribution in [0.3, 0.4) is 0 Å². The van der Waals surface area contributed by atoms with Crippen LogP contribution in [0.2, 0.25) is 10.0 Å². The quantitative estimate of drug-likeness (QED) is 0.799. The van der Waals surface area contributed by atoms with Crippen LogP contribution in [0.15, 0.2) is 52.9 Å². The van der Waals surface area contributed by atoms with Gasteiger partial charge in [0.15, 0.2) is 0 Å². The second-order valence-electron chi connectivity index (χ2n) is 5.60. The number of carbonyl (C=O) groups is 1. The molecule has 2 heterocycles. The fraction of sp³-hybridized carbons (Fsp3) is 0.278. The lowest BCUT2D eigenvalue weighted by atomic mass is 9.95. The van der Waals surface area contributed by atoms with Gasteiger partial charge in [-0.25, -0.2) is 14.5 Å². The van der Waals surface area contributed by atoms with Crippen molar-refractivity contribution in [3.8, 4) is 0 Å². The van der Waals surface area contributed by atoms with E-state index in [-0.39, 0.29) is 6.61 Å². The topological polar surface area (TPSA) is 68.5 Å². The number of benzene rings is 1. The molecule has 1 atom stereocenters. The number of aliphatic imine (C=N–C) groups is 1. The maximum Gasteiger partial charge on any atom is 0.338 e. The fourth-order valence-electron chi connectivity index (χ4n) is 2.79. The van der Waals surface area contributed by atoms with Crippen LogP contribution in [0.1, 0.15) is 31.9 Å². The first-order chi connectivity index (χ1) is 12.5. The smallest absolute Gasteiger partial charge is 0.338 e. The van der Waals surface area contributed by atoms with E-state index < -0.39 is 12.0 Å². The van der Waals surface area contributed by atoms with E-state index in [1.54, 1.807) is 48.3 Å². The molecule has 0 bridgehead atoms. The number of nitrogens with one attached hydrogen (secondary N) is 1. The Morgan fingerprint density at radius 2 is 2.00 bits per heavy atom. The Morgan fingerprint density at radius 3 is 2.58 bits per heavy atom. The molecule has 8 heteroatoms. The predicted molar refractivity (Wildman–Crippen MR) is 101 cm³/mol. The number of halogens is 2. The first-order valence-electron chi connectivity index (χ1n) is 8.24. The third kappa shape index (κ3) is 3.76. The number of rotatable bonds is 4. The molecule has 3 rings (SSSR count). The van der Waals surface area contributed by atoms with Crippen molar-refractivity contribution < 1.29 is 9.53 Å². The molecule has 0 saturated carbocycles. The van der Waals surface area contributed by atoms with Gasteiger partial charge < -0.3 is 10.1 Å². The third-order valence-electron chi connectivity index (χ3n) is 3.88. The molecule has 1 N–H and O–H groups in total. The fourth-order valence-corrected chi connectivity index (χ4v) is 3.34. The Bertz CT molecular complexity index is 855. The average Bonchev–Trinajstić information content (AvgIpc) is 3.14. The Labute approximate surface area is 161 Å². The van der Waals surface area contributed by atoms with Gasteiger partial charge in [0.05, 0.1) is 12.2 Å². The molecule has 1 unspecified atom stereocenters. The van der Waals surface area contributed by atoms with Gasteiger partial charge in [-0.05, 0) is 43.2 Å². The molecular weight excluding hydrogens is 375 g/mol. The zero-order chi connectivity index (χ0) is 18.7. The molecule has 0 radical (unpaired) electrons.